The summed E-state index contributed by atoms with van der Waals surface area (Å²) in [5.41, 5.74) is 6.35. The van der Waals surface area contributed by atoms with Gasteiger partial charge in [-0.05, 0) is 25.8 Å². The maximum Gasteiger partial charge on any atom is 0.340 e. The van der Waals surface area contributed by atoms with Crippen LogP contribution in [0.3, 0.4) is 0 Å². The van der Waals surface area contributed by atoms with Gasteiger partial charge in [0.15, 0.2) is 0 Å². The van der Waals surface area contributed by atoms with Gasteiger partial charge in [-0.2, -0.15) is 0 Å². The topological polar surface area (TPSA) is 86.5 Å². The van der Waals surface area contributed by atoms with Crippen molar-refractivity contribution in [3.63, 3.8) is 0 Å². The van der Waals surface area contributed by atoms with Crippen LogP contribution in [0, 0.1) is 0 Å². The second kappa shape index (κ2) is 5.88. The fourth-order valence-electron chi connectivity index (χ4n) is 2.10. The molecular formula is C13H19N3O3. The molecule has 2 rings (SSSR count). The van der Waals surface area contributed by atoms with Crippen LogP contribution in [-0.2, 0) is 9.47 Å². The van der Waals surface area contributed by atoms with Gasteiger partial charge in [-0.15, -0.1) is 0 Å². The lowest BCUT2D eigenvalue weighted by atomic mass is 9.89. The molecule has 0 aromatic carbocycles. The number of nitrogen functional groups attached to an aromatic ring is 1. The van der Waals surface area contributed by atoms with Crippen LogP contribution in [0.4, 0.5) is 11.5 Å². The van der Waals surface area contributed by atoms with Crippen molar-refractivity contribution < 1.29 is 14.3 Å². The van der Waals surface area contributed by atoms with Crippen LogP contribution in [0.15, 0.2) is 12.3 Å². The summed E-state index contributed by atoms with van der Waals surface area (Å²) < 4.78 is 10.2. The molecule has 6 heteroatoms. The van der Waals surface area contributed by atoms with E-state index in [0.29, 0.717) is 29.2 Å². The van der Waals surface area contributed by atoms with Crippen molar-refractivity contribution in [2.24, 2.45) is 0 Å². The van der Waals surface area contributed by atoms with E-state index in [9.17, 15) is 4.79 Å². The van der Waals surface area contributed by atoms with E-state index in [1.165, 1.54) is 13.3 Å². The van der Waals surface area contributed by atoms with Gasteiger partial charge in [0.2, 0.25) is 0 Å². The average molecular weight is 265 g/mol. The quantitative estimate of drug-likeness (QED) is 0.783. The van der Waals surface area contributed by atoms with Crippen molar-refractivity contribution in [3.05, 3.63) is 17.8 Å². The summed E-state index contributed by atoms with van der Waals surface area (Å²) in [5, 5.41) is 3.26. The normalized spacial score (nSPS) is 21.6. The second-order valence-corrected chi connectivity index (χ2v) is 4.54. The minimum Gasteiger partial charge on any atom is -0.465 e. The molecule has 0 saturated heterocycles. The third kappa shape index (κ3) is 3.14. The number of pyridine rings is 1. The van der Waals surface area contributed by atoms with Crippen molar-refractivity contribution in [2.45, 2.75) is 31.9 Å². The van der Waals surface area contributed by atoms with Crippen LogP contribution in [0.25, 0.3) is 0 Å². The van der Waals surface area contributed by atoms with Crippen LogP contribution in [0.1, 0.15) is 30.1 Å². The van der Waals surface area contributed by atoms with E-state index in [1.54, 1.807) is 6.07 Å². The number of anilines is 2. The first-order valence-corrected chi connectivity index (χ1v) is 6.36. The molecule has 1 fully saturated rings. The van der Waals surface area contributed by atoms with Gasteiger partial charge < -0.3 is 20.5 Å². The molecule has 0 atom stereocenters. The summed E-state index contributed by atoms with van der Waals surface area (Å²) in [7, 11) is 1.33. The van der Waals surface area contributed by atoms with Gasteiger partial charge in [0.1, 0.15) is 5.82 Å². The van der Waals surface area contributed by atoms with Crippen LogP contribution in [0.2, 0.25) is 0 Å². The molecule has 1 aromatic heterocycles. The monoisotopic (exact) mass is 265 g/mol. The van der Waals surface area contributed by atoms with E-state index < -0.39 is 5.97 Å². The first kappa shape index (κ1) is 13.6. The molecule has 1 saturated carbocycles. The van der Waals surface area contributed by atoms with Gasteiger partial charge in [0.25, 0.3) is 0 Å². The zero-order chi connectivity index (χ0) is 13.8. The Hall–Kier alpha value is -1.82. The lowest BCUT2D eigenvalue weighted by Gasteiger charge is -2.35. The smallest absolute Gasteiger partial charge is 0.340 e. The highest BCUT2D eigenvalue weighted by atomic mass is 16.5. The number of hydrogen-bond donors (Lipinski definition) is 2. The number of nitrogens with zero attached hydrogens (tertiary/aromatic N) is 1. The van der Waals surface area contributed by atoms with Crippen LogP contribution >= 0.6 is 0 Å². The van der Waals surface area contributed by atoms with E-state index in [1.807, 2.05) is 6.92 Å². The van der Waals surface area contributed by atoms with Crippen molar-refractivity contribution in [1.82, 2.24) is 4.98 Å². The van der Waals surface area contributed by atoms with E-state index >= 15 is 0 Å². The number of nitrogens with one attached hydrogen (secondary N) is 1. The maximum absolute atomic E-state index is 11.5. The Balaban J connectivity index is 1.97. The number of esters is 1. The Labute approximate surface area is 112 Å². The number of methoxy groups -OCH3 is 1. The Morgan fingerprint density at radius 1 is 1.58 bits per heavy atom. The molecule has 0 aliphatic heterocycles. The van der Waals surface area contributed by atoms with Crippen LogP contribution in [-0.4, -0.2) is 36.8 Å². The predicted molar refractivity (Wildman–Crippen MR) is 72.0 cm³/mol. The summed E-state index contributed by atoms with van der Waals surface area (Å²) in [5.74, 6) is 0.179. The molecule has 3 N–H and O–H groups in total. The number of rotatable bonds is 5. The van der Waals surface area contributed by atoms with Gasteiger partial charge in [-0.25, -0.2) is 9.78 Å². The molecule has 0 bridgehead atoms. The fourth-order valence-corrected chi connectivity index (χ4v) is 2.10. The number of carbonyl (C=O) groups excluding carboxylic acids is 1. The van der Waals surface area contributed by atoms with Crippen molar-refractivity contribution >= 4 is 17.5 Å². The van der Waals surface area contributed by atoms with E-state index in [4.69, 9.17) is 10.5 Å². The lowest BCUT2D eigenvalue weighted by molar-refractivity contribution is 0.00291. The molecular weight excluding hydrogens is 246 g/mol. The zero-order valence-electron chi connectivity index (χ0n) is 11.2. The lowest BCUT2D eigenvalue weighted by Crippen LogP contribution is -2.41. The summed E-state index contributed by atoms with van der Waals surface area (Å²) in [4.78, 5) is 15.7. The molecule has 1 aromatic rings. The van der Waals surface area contributed by atoms with Crippen molar-refractivity contribution in [1.29, 1.82) is 0 Å². The molecule has 1 aliphatic rings. The van der Waals surface area contributed by atoms with Crippen molar-refractivity contribution in [3.8, 4) is 0 Å². The predicted octanol–water partition coefficient (Wildman–Crippen LogP) is 1.43. The summed E-state index contributed by atoms with van der Waals surface area (Å²) in [6.07, 6.45) is 3.70. The summed E-state index contributed by atoms with van der Waals surface area (Å²) in [6, 6.07) is 1.95. The Morgan fingerprint density at radius 3 is 2.95 bits per heavy atom. The molecule has 19 heavy (non-hydrogen) atoms. The molecule has 1 heterocycles. The third-order valence-corrected chi connectivity index (χ3v) is 3.19. The number of nitrogens with two attached hydrogens (primary N) is 1. The molecule has 104 valence electrons. The SMILES string of the molecule is CCOC1CC(Nc2cc(C(=O)OC)c(N)cn2)C1. The molecule has 0 amide bonds. The highest BCUT2D eigenvalue weighted by molar-refractivity contribution is 5.95. The fraction of sp³-hybridized carbons (Fsp3) is 0.538. The molecule has 6 nitrogen and oxygen atoms in total. The summed E-state index contributed by atoms with van der Waals surface area (Å²) >= 11 is 0. The highest BCUT2D eigenvalue weighted by Crippen LogP contribution is 2.27. The minimum absolute atomic E-state index is 0.318. The zero-order valence-corrected chi connectivity index (χ0v) is 11.2. The third-order valence-electron chi connectivity index (χ3n) is 3.19. The van der Waals surface area contributed by atoms with E-state index in [-0.39, 0.29) is 0 Å². The molecule has 1 aliphatic carbocycles. The van der Waals surface area contributed by atoms with Gasteiger partial charge in [0.05, 0.1) is 30.7 Å². The van der Waals surface area contributed by atoms with Gasteiger partial charge in [-0.1, -0.05) is 0 Å². The Bertz CT molecular complexity index is 458. The maximum atomic E-state index is 11.5. The standard InChI is InChI=1S/C13H19N3O3/c1-3-19-9-4-8(5-9)16-12-6-10(13(17)18-2)11(14)7-15-12/h6-9H,3-5,14H2,1-2H3,(H,15,16). The summed E-state index contributed by atoms with van der Waals surface area (Å²) in [6.45, 7) is 2.73. The van der Waals surface area contributed by atoms with E-state index in [0.717, 1.165) is 19.4 Å². The highest BCUT2D eigenvalue weighted by Gasteiger charge is 2.29. The number of ether oxygens (including phenoxy) is 2. The minimum atomic E-state index is -0.455. The molecule has 0 spiro atoms. The molecule has 0 unspecified atom stereocenters. The first-order chi connectivity index (χ1) is 9.13. The Kier molecular flexibility index (Phi) is 4.21. The Morgan fingerprint density at radius 2 is 2.32 bits per heavy atom. The number of hydrogen-bond acceptors (Lipinski definition) is 6. The van der Waals surface area contributed by atoms with Crippen molar-refractivity contribution in [2.75, 3.05) is 24.8 Å². The van der Waals surface area contributed by atoms with Gasteiger partial charge >= 0.3 is 5.97 Å². The number of aromatic nitrogens is 1. The largest absolute Gasteiger partial charge is 0.465 e. The van der Waals surface area contributed by atoms with Crippen LogP contribution < -0.4 is 11.1 Å². The van der Waals surface area contributed by atoms with Gasteiger partial charge in [0, 0.05) is 12.6 Å². The van der Waals surface area contributed by atoms with Gasteiger partial charge in [-0.3, -0.25) is 0 Å². The first-order valence-electron chi connectivity index (χ1n) is 6.36. The van der Waals surface area contributed by atoms with E-state index in [2.05, 4.69) is 15.0 Å². The number of carbonyl (C=O) groups is 1. The average Bonchev–Trinajstić information content (AvgIpc) is 2.37. The van der Waals surface area contributed by atoms with Crippen LogP contribution in [0.5, 0.6) is 0 Å². The molecule has 0 radical (unpaired) electrons. The second-order valence-electron chi connectivity index (χ2n) is 4.54.